The first-order valence-electron chi connectivity index (χ1n) is 4.96. The van der Waals surface area contributed by atoms with E-state index in [4.69, 9.17) is 15.2 Å². The van der Waals surface area contributed by atoms with E-state index in [-0.39, 0.29) is 12.1 Å². The molecule has 1 aromatic carbocycles. The van der Waals surface area contributed by atoms with Gasteiger partial charge in [-0.25, -0.2) is 0 Å². The molecule has 1 aromatic rings. The van der Waals surface area contributed by atoms with Crippen LogP contribution in [0.2, 0.25) is 0 Å². The van der Waals surface area contributed by atoms with E-state index in [1.807, 2.05) is 25.1 Å². The number of nitrogens with two attached hydrogens (primary N) is 1. The molecule has 1 unspecified atom stereocenters. The van der Waals surface area contributed by atoms with Crippen LogP contribution in [0.5, 0.6) is 5.75 Å². The number of halogens is 1. The van der Waals surface area contributed by atoms with Crippen molar-refractivity contribution in [2.75, 3.05) is 13.2 Å². The molecule has 1 fully saturated rings. The minimum absolute atomic E-state index is 0.0292. The van der Waals surface area contributed by atoms with Crippen molar-refractivity contribution in [1.29, 1.82) is 0 Å². The van der Waals surface area contributed by atoms with Gasteiger partial charge >= 0.3 is 0 Å². The Labute approximate surface area is 97.7 Å². The van der Waals surface area contributed by atoms with Crippen molar-refractivity contribution in [3.8, 4) is 5.75 Å². The molecule has 2 N–H and O–H groups in total. The van der Waals surface area contributed by atoms with Gasteiger partial charge in [0.2, 0.25) is 0 Å². The molecule has 82 valence electrons. The fraction of sp³-hybridized carbons (Fsp3) is 0.455. The molecule has 0 radical (unpaired) electrons. The summed E-state index contributed by atoms with van der Waals surface area (Å²) in [5.74, 6) is 0.862. The fourth-order valence-electron chi connectivity index (χ4n) is 1.44. The molecular formula is C11H14BrNO2. The molecule has 0 bridgehead atoms. The van der Waals surface area contributed by atoms with Gasteiger partial charge in [-0.1, -0.05) is 15.9 Å². The lowest BCUT2D eigenvalue weighted by molar-refractivity contribution is -0.0800. The molecule has 0 spiro atoms. The van der Waals surface area contributed by atoms with Crippen LogP contribution < -0.4 is 10.5 Å². The highest BCUT2D eigenvalue weighted by atomic mass is 79.9. The number of hydrogen-bond acceptors (Lipinski definition) is 3. The monoisotopic (exact) mass is 271 g/mol. The molecule has 1 aliphatic heterocycles. The highest BCUT2D eigenvalue weighted by molar-refractivity contribution is 9.10. The minimum Gasteiger partial charge on any atom is -0.485 e. The van der Waals surface area contributed by atoms with Gasteiger partial charge in [0.15, 0.2) is 0 Å². The Balaban J connectivity index is 2.20. The van der Waals surface area contributed by atoms with E-state index in [2.05, 4.69) is 15.9 Å². The van der Waals surface area contributed by atoms with E-state index in [1.165, 1.54) is 0 Å². The molecule has 4 heteroatoms. The first-order valence-corrected chi connectivity index (χ1v) is 5.75. The summed E-state index contributed by atoms with van der Waals surface area (Å²) < 4.78 is 11.9. The maximum atomic E-state index is 5.89. The predicted octanol–water partition coefficient (Wildman–Crippen LogP) is 2.25. The number of rotatable bonds is 3. The molecule has 0 saturated carbocycles. The van der Waals surface area contributed by atoms with Crippen LogP contribution >= 0.6 is 15.9 Å². The Hall–Kier alpha value is -0.580. The molecule has 1 saturated heterocycles. The van der Waals surface area contributed by atoms with Crippen molar-refractivity contribution in [3.63, 3.8) is 0 Å². The zero-order chi connectivity index (χ0) is 10.8. The Kier molecular flexibility index (Phi) is 3.29. The van der Waals surface area contributed by atoms with Crippen LogP contribution in [0.15, 0.2) is 22.7 Å². The van der Waals surface area contributed by atoms with E-state index in [9.17, 15) is 0 Å². The van der Waals surface area contributed by atoms with Crippen LogP contribution in [0.3, 0.4) is 0 Å². The summed E-state index contributed by atoms with van der Waals surface area (Å²) in [5.41, 5.74) is 6.91. The van der Waals surface area contributed by atoms with Crippen molar-refractivity contribution in [1.82, 2.24) is 0 Å². The van der Waals surface area contributed by atoms with Crippen LogP contribution in [0.4, 0.5) is 0 Å². The van der Waals surface area contributed by atoms with Crippen molar-refractivity contribution < 1.29 is 9.47 Å². The first kappa shape index (κ1) is 10.9. The van der Waals surface area contributed by atoms with Gasteiger partial charge in [-0.3, -0.25) is 0 Å². The van der Waals surface area contributed by atoms with Crippen molar-refractivity contribution in [2.45, 2.75) is 19.1 Å². The lowest BCUT2D eigenvalue weighted by Crippen LogP contribution is -2.38. The van der Waals surface area contributed by atoms with Gasteiger partial charge in [-0.2, -0.15) is 0 Å². The third-order valence-electron chi connectivity index (χ3n) is 2.36. The van der Waals surface area contributed by atoms with Crippen LogP contribution in [-0.4, -0.2) is 19.3 Å². The molecule has 1 aliphatic rings. The molecule has 0 aliphatic carbocycles. The second-order valence-corrected chi connectivity index (χ2v) is 4.66. The standard InChI is InChI=1S/C11H14BrNO2/c1-7(13)10-4-8(12)2-3-11(10)15-9-5-14-6-9/h2-4,7,9H,5-6,13H2,1H3. The smallest absolute Gasteiger partial charge is 0.145 e. The summed E-state index contributed by atoms with van der Waals surface area (Å²) in [6.45, 7) is 3.30. The average molecular weight is 272 g/mol. The topological polar surface area (TPSA) is 44.5 Å². The maximum Gasteiger partial charge on any atom is 0.145 e. The average Bonchev–Trinajstić information content (AvgIpc) is 2.12. The lowest BCUT2D eigenvalue weighted by atomic mass is 10.1. The van der Waals surface area contributed by atoms with Gasteiger partial charge in [0.25, 0.3) is 0 Å². The van der Waals surface area contributed by atoms with E-state index in [0.29, 0.717) is 13.2 Å². The molecule has 1 heterocycles. The molecule has 15 heavy (non-hydrogen) atoms. The second-order valence-electron chi connectivity index (χ2n) is 3.75. The Morgan fingerprint density at radius 3 is 2.80 bits per heavy atom. The van der Waals surface area contributed by atoms with Crippen LogP contribution in [-0.2, 0) is 4.74 Å². The third kappa shape index (κ3) is 2.51. The predicted molar refractivity (Wildman–Crippen MR) is 62.0 cm³/mol. The van der Waals surface area contributed by atoms with E-state index in [0.717, 1.165) is 15.8 Å². The fourth-order valence-corrected chi connectivity index (χ4v) is 1.82. The largest absolute Gasteiger partial charge is 0.485 e. The molecule has 3 nitrogen and oxygen atoms in total. The minimum atomic E-state index is -0.0292. The number of hydrogen-bond donors (Lipinski definition) is 1. The Morgan fingerprint density at radius 2 is 2.27 bits per heavy atom. The van der Waals surface area contributed by atoms with Crippen LogP contribution in [0, 0.1) is 0 Å². The van der Waals surface area contributed by atoms with E-state index >= 15 is 0 Å². The Bertz CT molecular complexity index is 350. The van der Waals surface area contributed by atoms with Gasteiger partial charge in [0, 0.05) is 16.1 Å². The first-order chi connectivity index (χ1) is 7.16. The summed E-state index contributed by atoms with van der Waals surface area (Å²) in [4.78, 5) is 0. The molecular weight excluding hydrogens is 258 g/mol. The lowest BCUT2D eigenvalue weighted by Gasteiger charge is -2.28. The summed E-state index contributed by atoms with van der Waals surface area (Å²) in [6.07, 6.45) is 0.184. The highest BCUT2D eigenvalue weighted by Crippen LogP contribution is 2.29. The molecule has 2 rings (SSSR count). The van der Waals surface area contributed by atoms with Gasteiger partial charge in [-0.05, 0) is 25.1 Å². The Morgan fingerprint density at radius 1 is 1.53 bits per heavy atom. The number of benzene rings is 1. The van der Waals surface area contributed by atoms with E-state index < -0.39 is 0 Å². The second kappa shape index (κ2) is 4.51. The summed E-state index contributed by atoms with van der Waals surface area (Å²) >= 11 is 3.43. The van der Waals surface area contributed by atoms with Crippen molar-refractivity contribution in [3.05, 3.63) is 28.2 Å². The normalized spacial score (nSPS) is 18.3. The zero-order valence-corrected chi connectivity index (χ0v) is 10.2. The van der Waals surface area contributed by atoms with Crippen LogP contribution in [0.25, 0.3) is 0 Å². The molecule has 0 amide bonds. The summed E-state index contributed by atoms with van der Waals surface area (Å²) in [6, 6.07) is 5.87. The van der Waals surface area contributed by atoms with Crippen LogP contribution in [0.1, 0.15) is 18.5 Å². The van der Waals surface area contributed by atoms with Gasteiger partial charge in [0.1, 0.15) is 11.9 Å². The summed E-state index contributed by atoms with van der Waals surface area (Å²) in [5, 5.41) is 0. The zero-order valence-electron chi connectivity index (χ0n) is 8.57. The van der Waals surface area contributed by atoms with Gasteiger partial charge in [-0.15, -0.1) is 0 Å². The summed E-state index contributed by atoms with van der Waals surface area (Å²) in [7, 11) is 0. The third-order valence-corrected chi connectivity index (χ3v) is 2.86. The SMILES string of the molecule is CC(N)c1cc(Br)ccc1OC1COC1. The van der Waals surface area contributed by atoms with Gasteiger partial charge < -0.3 is 15.2 Å². The molecule has 0 aromatic heterocycles. The quantitative estimate of drug-likeness (QED) is 0.917. The van der Waals surface area contributed by atoms with Crippen molar-refractivity contribution in [2.24, 2.45) is 5.73 Å². The van der Waals surface area contributed by atoms with E-state index in [1.54, 1.807) is 0 Å². The van der Waals surface area contributed by atoms with Gasteiger partial charge in [0.05, 0.1) is 13.2 Å². The van der Waals surface area contributed by atoms with Crippen molar-refractivity contribution >= 4 is 15.9 Å². The maximum absolute atomic E-state index is 5.89. The molecule has 1 atom stereocenters. The number of ether oxygens (including phenoxy) is 2. The highest BCUT2D eigenvalue weighted by Gasteiger charge is 2.21.